The lowest BCUT2D eigenvalue weighted by Gasteiger charge is -2.32. The highest BCUT2D eigenvalue weighted by atomic mass is 16.4. The molecule has 1 saturated carbocycles. The molecule has 1 aromatic rings. The van der Waals surface area contributed by atoms with Crippen molar-refractivity contribution in [1.29, 1.82) is 0 Å². The van der Waals surface area contributed by atoms with Crippen molar-refractivity contribution in [3.05, 3.63) is 23.2 Å². The summed E-state index contributed by atoms with van der Waals surface area (Å²) in [5.41, 5.74) is -0.414. The van der Waals surface area contributed by atoms with Gasteiger partial charge in [-0.25, -0.2) is 4.79 Å². The molecule has 19 heavy (non-hydrogen) atoms. The molecular formula is C14H21NO4. The third-order valence-corrected chi connectivity index (χ3v) is 3.74. The molecule has 5 heteroatoms. The Morgan fingerprint density at radius 3 is 2.68 bits per heavy atom. The summed E-state index contributed by atoms with van der Waals surface area (Å²) in [7, 11) is 0. The smallest absolute Gasteiger partial charge is 0.339 e. The van der Waals surface area contributed by atoms with E-state index in [0.717, 1.165) is 25.7 Å². The molecule has 1 heterocycles. The van der Waals surface area contributed by atoms with Gasteiger partial charge in [-0.1, -0.05) is 19.3 Å². The molecule has 0 amide bonds. The maximum atomic E-state index is 10.9. The van der Waals surface area contributed by atoms with Crippen molar-refractivity contribution in [2.24, 2.45) is 0 Å². The van der Waals surface area contributed by atoms with Crippen LogP contribution in [0, 0.1) is 6.92 Å². The molecule has 5 nitrogen and oxygen atoms in total. The van der Waals surface area contributed by atoms with Crippen LogP contribution in [0.5, 0.6) is 0 Å². The number of carboxylic acids is 1. The van der Waals surface area contributed by atoms with Crippen LogP contribution < -0.4 is 5.32 Å². The van der Waals surface area contributed by atoms with E-state index in [0.29, 0.717) is 24.6 Å². The van der Waals surface area contributed by atoms with Gasteiger partial charge in [0.15, 0.2) is 0 Å². The lowest BCUT2D eigenvalue weighted by atomic mass is 9.85. The normalized spacial score (nSPS) is 18.4. The number of carbonyl (C=O) groups is 1. The minimum absolute atomic E-state index is 0.202. The summed E-state index contributed by atoms with van der Waals surface area (Å²) in [5, 5.41) is 22.4. The molecule has 0 aromatic carbocycles. The molecule has 0 unspecified atom stereocenters. The van der Waals surface area contributed by atoms with E-state index in [2.05, 4.69) is 5.32 Å². The van der Waals surface area contributed by atoms with Gasteiger partial charge < -0.3 is 19.9 Å². The van der Waals surface area contributed by atoms with Crippen molar-refractivity contribution in [2.75, 3.05) is 6.54 Å². The predicted molar refractivity (Wildman–Crippen MR) is 70.1 cm³/mol. The molecule has 3 N–H and O–H groups in total. The van der Waals surface area contributed by atoms with E-state index < -0.39 is 11.6 Å². The highest BCUT2D eigenvalue weighted by Crippen LogP contribution is 2.27. The van der Waals surface area contributed by atoms with Crippen molar-refractivity contribution < 1.29 is 19.4 Å². The number of aryl methyl sites for hydroxylation is 1. The molecule has 1 fully saturated rings. The van der Waals surface area contributed by atoms with E-state index in [1.165, 1.54) is 12.5 Å². The van der Waals surface area contributed by atoms with E-state index in [4.69, 9.17) is 9.52 Å². The van der Waals surface area contributed by atoms with Crippen molar-refractivity contribution in [3.8, 4) is 0 Å². The number of hydrogen-bond donors (Lipinski definition) is 3. The molecule has 0 radical (unpaired) electrons. The van der Waals surface area contributed by atoms with Gasteiger partial charge in [0, 0.05) is 6.54 Å². The van der Waals surface area contributed by atoms with Gasteiger partial charge in [-0.2, -0.15) is 0 Å². The van der Waals surface area contributed by atoms with E-state index in [1.54, 1.807) is 6.92 Å². The monoisotopic (exact) mass is 267 g/mol. The second kappa shape index (κ2) is 5.75. The first-order chi connectivity index (χ1) is 9.00. The molecule has 1 aromatic heterocycles. The number of rotatable bonds is 5. The zero-order valence-electron chi connectivity index (χ0n) is 11.2. The molecule has 0 atom stereocenters. The quantitative estimate of drug-likeness (QED) is 0.760. The lowest BCUT2D eigenvalue weighted by molar-refractivity contribution is 0.00437. The molecule has 0 aliphatic heterocycles. The largest absolute Gasteiger partial charge is 0.478 e. The number of furan rings is 1. The molecule has 2 rings (SSSR count). The summed E-state index contributed by atoms with van der Waals surface area (Å²) in [6.07, 6.45) is 5.00. The van der Waals surface area contributed by atoms with Crippen molar-refractivity contribution in [1.82, 2.24) is 5.32 Å². The Kier molecular flexibility index (Phi) is 4.27. The van der Waals surface area contributed by atoms with E-state index in [-0.39, 0.29) is 5.56 Å². The third kappa shape index (κ3) is 3.58. The van der Waals surface area contributed by atoms with Crippen molar-refractivity contribution in [3.63, 3.8) is 0 Å². The van der Waals surface area contributed by atoms with Gasteiger partial charge >= 0.3 is 5.97 Å². The van der Waals surface area contributed by atoms with Crippen LogP contribution in [0.25, 0.3) is 0 Å². The molecular weight excluding hydrogens is 246 g/mol. The van der Waals surface area contributed by atoms with Crippen LogP contribution in [0.4, 0.5) is 0 Å². The minimum Gasteiger partial charge on any atom is -0.478 e. The zero-order chi connectivity index (χ0) is 13.9. The van der Waals surface area contributed by atoms with E-state index >= 15 is 0 Å². The Morgan fingerprint density at radius 2 is 2.11 bits per heavy atom. The summed E-state index contributed by atoms with van der Waals surface area (Å²) in [4.78, 5) is 10.9. The van der Waals surface area contributed by atoms with Gasteiger partial charge in [0.2, 0.25) is 0 Å². The van der Waals surface area contributed by atoms with E-state index in [1.807, 2.05) is 0 Å². The number of aliphatic hydroxyl groups is 1. The van der Waals surface area contributed by atoms with Crippen LogP contribution in [-0.2, 0) is 6.54 Å². The van der Waals surface area contributed by atoms with Crippen LogP contribution in [0.2, 0.25) is 0 Å². The van der Waals surface area contributed by atoms with Gasteiger partial charge in [0.1, 0.15) is 17.1 Å². The summed E-state index contributed by atoms with van der Waals surface area (Å²) in [6, 6.07) is 1.54. The van der Waals surface area contributed by atoms with Crippen molar-refractivity contribution >= 4 is 5.97 Å². The minimum atomic E-state index is -0.974. The fraction of sp³-hybridized carbons (Fsp3) is 0.643. The summed E-state index contributed by atoms with van der Waals surface area (Å²) < 4.78 is 5.37. The Morgan fingerprint density at radius 1 is 1.42 bits per heavy atom. The van der Waals surface area contributed by atoms with Gasteiger partial charge in [-0.15, -0.1) is 0 Å². The van der Waals surface area contributed by atoms with Gasteiger partial charge in [0.05, 0.1) is 12.1 Å². The highest BCUT2D eigenvalue weighted by Gasteiger charge is 2.28. The van der Waals surface area contributed by atoms with Crippen LogP contribution in [0.15, 0.2) is 10.5 Å². The molecule has 0 spiro atoms. The Bertz CT molecular complexity index is 446. The molecule has 0 saturated heterocycles. The van der Waals surface area contributed by atoms with Crippen LogP contribution in [0.1, 0.15) is 54.0 Å². The van der Waals surface area contributed by atoms with Gasteiger partial charge in [-0.05, 0) is 25.8 Å². The molecule has 106 valence electrons. The molecule has 1 aliphatic carbocycles. The topological polar surface area (TPSA) is 82.7 Å². The van der Waals surface area contributed by atoms with Crippen LogP contribution >= 0.6 is 0 Å². The van der Waals surface area contributed by atoms with Crippen LogP contribution in [-0.4, -0.2) is 28.3 Å². The maximum Gasteiger partial charge on any atom is 0.339 e. The fourth-order valence-corrected chi connectivity index (χ4v) is 2.65. The average Bonchev–Trinajstić information content (AvgIpc) is 2.71. The second-order valence-corrected chi connectivity index (χ2v) is 5.38. The number of aromatic carboxylic acids is 1. The van der Waals surface area contributed by atoms with Gasteiger partial charge in [-0.3, -0.25) is 0 Å². The summed E-state index contributed by atoms with van der Waals surface area (Å²) >= 11 is 0. The predicted octanol–water partition coefficient (Wildman–Crippen LogP) is 2.07. The van der Waals surface area contributed by atoms with Crippen LogP contribution in [0.3, 0.4) is 0 Å². The Balaban J connectivity index is 1.85. The fourth-order valence-electron chi connectivity index (χ4n) is 2.65. The zero-order valence-corrected chi connectivity index (χ0v) is 11.2. The first kappa shape index (κ1) is 14.1. The van der Waals surface area contributed by atoms with Gasteiger partial charge in [0.25, 0.3) is 0 Å². The highest BCUT2D eigenvalue weighted by molar-refractivity contribution is 5.88. The second-order valence-electron chi connectivity index (χ2n) is 5.38. The first-order valence-electron chi connectivity index (χ1n) is 6.76. The Labute approximate surface area is 112 Å². The maximum absolute atomic E-state index is 10.9. The first-order valence-corrected chi connectivity index (χ1v) is 6.76. The van der Waals surface area contributed by atoms with E-state index in [9.17, 15) is 9.90 Å². The number of nitrogens with one attached hydrogen (secondary N) is 1. The van der Waals surface area contributed by atoms with Crippen molar-refractivity contribution in [2.45, 2.75) is 51.2 Å². The Hall–Kier alpha value is -1.33. The number of carboxylic acid groups (broad SMARTS) is 1. The third-order valence-electron chi connectivity index (χ3n) is 3.74. The standard InChI is InChI=1S/C14H21NO4/c1-10-12(13(16)17)7-11(19-10)8-15-9-14(18)5-3-2-4-6-14/h7,15,18H,2-6,8-9H2,1H3,(H,16,17). The molecule has 1 aliphatic rings. The lowest BCUT2D eigenvalue weighted by Crippen LogP contribution is -2.41. The SMILES string of the molecule is Cc1oc(CNCC2(O)CCCCC2)cc1C(=O)O. The summed E-state index contributed by atoms with van der Waals surface area (Å²) in [6.45, 7) is 2.60. The molecule has 0 bridgehead atoms. The number of hydrogen-bond acceptors (Lipinski definition) is 4. The average molecular weight is 267 g/mol. The summed E-state index contributed by atoms with van der Waals surface area (Å²) in [5.74, 6) is 0.0356.